The third-order valence-electron chi connectivity index (χ3n) is 1.75. The molecule has 1 aromatic carbocycles. The molecule has 16 heavy (non-hydrogen) atoms. The lowest BCUT2D eigenvalue weighted by Gasteiger charge is -2.13. The second-order valence-electron chi connectivity index (χ2n) is 2.98. The predicted octanol–water partition coefficient (Wildman–Crippen LogP) is 2.85. The maximum absolute atomic E-state index is 12.2. The Bertz CT molecular complexity index is 352. The Hall–Kier alpha value is -1.37. The Morgan fingerprint density at radius 3 is 2.31 bits per heavy atom. The molecule has 1 rings (SSSR count). The molecule has 0 spiro atoms. The van der Waals surface area contributed by atoms with E-state index in [1.165, 1.54) is 12.1 Å². The smallest absolute Gasteiger partial charge is 0.406 e. The maximum Gasteiger partial charge on any atom is 0.573 e. The van der Waals surface area contributed by atoms with Gasteiger partial charge in [0.1, 0.15) is 5.75 Å². The summed E-state index contributed by atoms with van der Waals surface area (Å²) in [6.07, 6.45) is -7.70. The lowest BCUT2D eigenvalue weighted by molar-refractivity contribution is -0.274. The minimum Gasteiger partial charge on any atom is -0.406 e. The molecule has 0 heterocycles. The van der Waals surface area contributed by atoms with E-state index in [2.05, 4.69) is 4.74 Å². The molecule has 0 aliphatic heterocycles. The SMILES string of the molecule is NC(c1cccc(OC(F)(F)F)c1)C(F)F. The van der Waals surface area contributed by atoms with Crippen molar-refractivity contribution in [1.29, 1.82) is 0 Å². The fourth-order valence-corrected chi connectivity index (χ4v) is 1.06. The Kier molecular flexibility index (Phi) is 3.69. The number of ether oxygens (including phenoxy) is 1. The lowest BCUT2D eigenvalue weighted by atomic mass is 10.1. The van der Waals surface area contributed by atoms with Crippen molar-refractivity contribution in [2.24, 2.45) is 5.73 Å². The normalized spacial score (nSPS) is 13.9. The molecule has 0 saturated heterocycles. The molecule has 0 fully saturated rings. The summed E-state index contributed by atoms with van der Waals surface area (Å²) in [6, 6.07) is 2.59. The first-order valence-corrected chi connectivity index (χ1v) is 4.19. The van der Waals surface area contributed by atoms with Gasteiger partial charge in [-0.1, -0.05) is 12.1 Å². The summed E-state index contributed by atoms with van der Waals surface area (Å²) >= 11 is 0. The van der Waals surface area contributed by atoms with Gasteiger partial charge in [-0.05, 0) is 17.7 Å². The van der Waals surface area contributed by atoms with Crippen LogP contribution in [0.1, 0.15) is 11.6 Å². The molecule has 2 N–H and O–H groups in total. The minimum atomic E-state index is -4.85. The Morgan fingerprint density at radius 2 is 1.81 bits per heavy atom. The highest BCUT2D eigenvalue weighted by Gasteiger charge is 2.31. The van der Waals surface area contributed by atoms with E-state index >= 15 is 0 Å². The zero-order valence-corrected chi connectivity index (χ0v) is 7.84. The summed E-state index contributed by atoms with van der Waals surface area (Å²) < 4.78 is 63.5. The van der Waals surface area contributed by atoms with Crippen LogP contribution in [0, 0.1) is 0 Å². The van der Waals surface area contributed by atoms with E-state index in [1.807, 2.05) is 0 Å². The van der Waals surface area contributed by atoms with E-state index in [1.54, 1.807) is 0 Å². The molecular weight excluding hydrogens is 233 g/mol. The molecule has 0 amide bonds. The van der Waals surface area contributed by atoms with Crippen molar-refractivity contribution in [1.82, 2.24) is 0 Å². The number of hydrogen-bond donors (Lipinski definition) is 1. The predicted molar refractivity (Wildman–Crippen MR) is 46.1 cm³/mol. The topological polar surface area (TPSA) is 35.2 Å². The molecule has 0 aliphatic rings. The standard InChI is InChI=1S/C9H8F5NO/c10-8(11)7(15)5-2-1-3-6(4-5)16-9(12,13)14/h1-4,7-8H,15H2. The number of alkyl halides is 5. The summed E-state index contributed by atoms with van der Waals surface area (Å²) in [6.45, 7) is 0. The van der Waals surface area contributed by atoms with E-state index < -0.39 is 24.6 Å². The van der Waals surface area contributed by atoms with Crippen LogP contribution in [0.3, 0.4) is 0 Å². The molecule has 2 nitrogen and oxygen atoms in total. The number of benzene rings is 1. The van der Waals surface area contributed by atoms with E-state index in [0.717, 1.165) is 12.1 Å². The second kappa shape index (κ2) is 4.65. The molecule has 90 valence electrons. The van der Waals surface area contributed by atoms with Gasteiger partial charge in [0.05, 0.1) is 6.04 Å². The highest BCUT2D eigenvalue weighted by Crippen LogP contribution is 2.26. The first kappa shape index (κ1) is 12.7. The number of nitrogens with two attached hydrogens (primary N) is 1. The van der Waals surface area contributed by atoms with Gasteiger partial charge in [-0.15, -0.1) is 13.2 Å². The van der Waals surface area contributed by atoms with Crippen molar-refractivity contribution < 1.29 is 26.7 Å². The van der Waals surface area contributed by atoms with Crippen LogP contribution >= 0.6 is 0 Å². The Labute approximate surface area is 87.8 Å². The van der Waals surface area contributed by atoms with E-state index in [0.29, 0.717) is 0 Å². The average molecular weight is 241 g/mol. The average Bonchev–Trinajstić information content (AvgIpc) is 2.14. The molecule has 0 aliphatic carbocycles. The molecule has 7 heteroatoms. The Balaban J connectivity index is 2.87. The minimum absolute atomic E-state index is 0.114. The highest BCUT2D eigenvalue weighted by atomic mass is 19.4. The summed E-state index contributed by atoms with van der Waals surface area (Å²) in [7, 11) is 0. The second-order valence-corrected chi connectivity index (χ2v) is 2.98. The zero-order chi connectivity index (χ0) is 12.3. The van der Waals surface area contributed by atoms with Crippen molar-refractivity contribution in [2.45, 2.75) is 18.8 Å². The molecule has 0 aromatic heterocycles. The third kappa shape index (κ3) is 3.65. The van der Waals surface area contributed by atoms with Gasteiger partial charge < -0.3 is 10.5 Å². The molecular formula is C9H8F5NO. The van der Waals surface area contributed by atoms with Crippen molar-refractivity contribution in [3.05, 3.63) is 29.8 Å². The molecule has 0 radical (unpaired) electrons. The van der Waals surface area contributed by atoms with Gasteiger partial charge in [0.2, 0.25) is 0 Å². The van der Waals surface area contributed by atoms with Gasteiger partial charge in [0.25, 0.3) is 6.43 Å². The highest BCUT2D eigenvalue weighted by molar-refractivity contribution is 5.30. The molecule has 0 saturated carbocycles. The van der Waals surface area contributed by atoms with Crippen LogP contribution in [0.25, 0.3) is 0 Å². The summed E-state index contributed by atoms with van der Waals surface area (Å²) in [5, 5.41) is 0. The lowest BCUT2D eigenvalue weighted by Crippen LogP contribution is -2.20. The van der Waals surface area contributed by atoms with Gasteiger partial charge in [-0.3, -0.25) is 0 Å². The van der Waals surface area contributed by atoms with Crippen LogP contribution in [-0.2, 0) is 0 Å². The van der Waals surface area contributed by atoms with E-state index in [9.17, 15) is 22.0 Å². The van der Waals surface area contributed by atoms with Gasteiger partial charge in [0, 0.05) is 0 Å². The van der Waals surface area contributed by atoms with Gasteiger partial charge in [0.15, 0.2) is 0 Å². The van der Waals surface area contributed by atoms with Gasteiger partial charge in [-0.25, -0.2) is 8.78 Å². The van der Waals surface area contributed by atoms with Gasteiger partial charge in [-0.2, -0.15) is 0 Å². The summed E-state index contributed by atoms with van der Waals surface area (Å²) in [5.41, 5.74) is 4.97. The fourth-order valence-electron chi connectivity index (χ4n) is 1.06. The van der Waals surface area contributed by atoms with Crippen LogP contribution in [0.4, 0.5) is 22.0 Å². The first-order chi connectivity index (χ1) is 7.29. The van der Waals surface area contributed by atoms with Crippen molar-refractivity contribution in [2.75, 3.05) is 0 Å². The molecule has 1 atom stereocenters. The van der Waals surface area contributed by atoms with Crippen LogP contribution in [0.15, 0.2) is 24.3 Å². The van der Waals surface area contributed by atoms with Crippen LogP contribution in [0.5, 0.6) is 5.75 Å². The van der Waals surface area contributed by atoms with Crippen molar-refractivity contribution >= 4 is 0 Å². The first-order valence-electron chi connectivity index (χ1n) is 4.19. The largest absolute Gasteiger partial charge is 0.573 e. The van der Waals surface area contributed by atoms with Crippen LogP contribution in [-0.4, -0.2) is 12.8 Å². The summed E-state index contributed by atoms with van der Waals surface area (Å²) in [5.74, 6) is -0.568. The monoisotopic (exact) mass is 241 g/mol. The summed E-state index contributed by atoms with van der Waals surface area (Å²) in [4.78, 5) is 0. The maximum atomic E-state index is 12.2. The van der Waals surface area contributed by atoms with E-state index in [4.69, 9.17) is 5.73 Å². The third-order valence-corrected chi connectivity index (χ3v) is 1.75. The van der Waals surface area contributed by atoms with Gasteiger partial charge >= 0.3 is 6.36 Å². The molecule has 1 aromatic rings. The van der Waals surface area contributed by atoms with Crippen LogP contribution < -0.4 is 10.5 Å². The van der Waals surface area contributed by atoms with Crippen molar-refractivity contribution in [3.8, 4) is 5.75 Å². The molecule has 1 unspecified atom stereocenters. The Morgan fingerprint density at radius 1 is 1.19 bits per heavy atom. The number of rotatable bonds is 3. The van der Waals surface area contributed by atoms with Crippen LogP contribution in [0.2, 0.25) is 0 Å². The quantitative estimate of drug-likeness (QED) is 0.826. The number of halogens is 5. The fraction of sp³-hybridized carbons (Fsp3) is 0.333. The zero-order valence-electron chi connectivity index (χ0n) is 7.84. The number of hydrogen-bond acceptors (Lipinski definition) is 2. The molecule has 0 bridgehead atoms. The van der Waals surface area contributed by atoms with Crippen molar-refractivity contribution in [3.63, 3.8) is 0 Å². The van der Waals surface area contributed by atoms with E-state index in [-0.39, 0.29) is 5.56 Å².